The zero-order valence-electron chi connectivity index (χ0n) is 14.5. The Hall–Kier alpha value is -2.31. The second kappa shape index (κ2) is 6.14. The van der Waals surface area contributed by atoms with Crippen molar-refractivity contribution in [3.05, 3.63) is 30.0 Å². The molecule has 26 heavy (non-hydrogen) atoms. The lowest BCUT2D eigenvalue weighted by atomic mass is 9.81. The number of aromatic nitrogens is 3. The van der Waals surface area contributed by atoms with E-state index in [1.807, 2.05) is 25.4 Å². The van der Waals surface area contributed by atoms with Gasteiger partial charge in [0.1, 0.15) is 6.29 Å². The Balaban J connectivity index is 1.66. The summed E-state index contributed by atoms with van der Waals surface area (Å²) in [7, 11) is 1.84. The summed E-state index contributed by atoms with van der Waals surface area (Å²) in [4.78, 5) is 11.1. The first-order valence-electron chi connectivity index (χ1n) is 8.84. The topological polar surface area (TPSA) is 39.8 Å². The van der Waals surface area contributed by atoms with Gasteiger partial charge in [-0.2, -0.15) is 18.3 Å². The summed E-state index contributed by atoms with van der Waals surface area (Å²) in [6.07, 6.45) is 0.211. The first-order chi connectivity index (χ1) is 12.4. The van der Waals surface area contributed by atoms with E-state index in [2.05, 4.69) is 9.67 Å². The van der Waals surface area contributed by atoms with Gasteiger partial charge < -0.3 is 4.57 Å². The van der Waals surface area contributed by atoms with Crippen LogP contribution in [0, 0.1) is 11.8 Å². The predicted molar refractivity (Wildman–Crippen MR) is 93.1 cm³/mol. The van der Waals surface area contributed by atoms with Crippen LogP contribution in [-0.2, 0) is 13.6 Å². The number of aryl methyl sites for hydroxylation is 1. The Morgan fingerprint density at radius 1 is 1.19 bits per heavy atom. The maximum absolute atomic E-state index is 12.9. The molecule has 1 aliphatic carbocycles. The van der Waals surface area contributed by atoms with Crippen molar-refractivity contribution in [2.75, 3.05) is 0 Å². The molecule has 0 saturated heterocycles. The highest BCUT2D eigenvalue weighted by molar-refractivity contribution is 6.08. The van der Waals surface area contributed by atoms with Crippen LogP contribution in [0.25, 0.3) is 21.9 Å². The van der Waals surface area contributed by atoms with E-state index in [4.69, 9.17) is 0 Å². The fourth-order valence-corrected chi connectivity index (χ4v) is 4.17. The lowest BCUT2D eigenvalue weighted by molar-refractivity contribution is -0.184. The molecular formula is C19H20F3N3O. The summed E-state index contributed by atoms with van der Waals surface area (Å²) >= 11 is 0. The largest absolute Gasteiger partial charge is 0.391 e. The van der Waals surface area contributed by atoms with Gasteiger partial charge in [-0.25, -0.2) is 0 Å². The van der Waals surface area contributed by atoms with Crippen LogP contribution in [0.1, 0.15) is 36.0 Å². The minimum atomic E-state index is -4.08. The van der Waals surface area contributed by atoms with Crippen LogP contribution in [0.15, 0.2) is 24.4 Å². The lowest BCUT2D eigenvalue weighted by Gasteiger charge is -2.30. The molecule has 1 aliphatic rings. The van der Waals surface area contributed by atoms with Crippen molar-refractivity contribution in [1.29, 1.82) is 0 Å². The Morgan fingerprint density at radius 2 is 1.92 bits per heavy atom. The maximum Gasteiger partial charge on any atom is 0.391 e. The van der Waals surface area contributed by atoms with Gasteiger partial charge in [0.05, 0.1) is 11.4 Å². The van der Waals surface area contributed by atoms with Gasteiger partial charge in [0, 0.05) is 36.1 Å². The number of aldehydes is 1. The predicted octanol–water partition coefficient (Wildman–Crippen LogP) is 4.71. The van der Waals surface area contributed by atoms with Crippen molar-refractivity contribution < 1.29 is 18.0 Å². The second-order valence-electron chi connectivity index (χ2n) is 7.30. The van der Waals surface area contributed by atoms with E-state index in [1.54, 1.807) is 10.7 Å². The van der Waals surface area contributed by atoms with Gasteiger partial charge in [0.2, 0.25) is 0 Å². The highest BCUT2D eigenvalue weighted by Crippen LogP contribution is 2.40. The molecule has 1 aromatic carbocycles. The van der Waals surface area contributed by atoms with E-state index in [-0.39, 0.29) is 18.8 Å². The molecule has 3 aromatic rings. The van der Waals surface area contributed by atoms with E-state index in [9.17, 15) is 18.0 Å². The third-order valence-corrected chi connectivity index (χ3v) is 5.55. The molecule has 0 aliphatic heterocycles. The molecule has 2 aromatic heterocycles. The van der Waals surface area contributed by atoms with Gasteiger partial charge in [-0.1, -0.05) is 0 Å². The van der Waals surface area contributed by atoms with Crippen LogP contribution < -0.4 is 0 Å². The highest BCUT2D eigenvalue weighted by Gasteiger charge is 2.41. The highest BCUT2D eigenvalue weighted by atomic mass is 19.4. The van der Waals surface area contributed by atoms with Gasteiger partial charge in [-0.3, -0.25) is 9.48 Å². The van der Waals surface area contributed by atoms with Gasteiger partial charge in [0.25, 0.3) is 0 Å². The summed E-state index contributed by atoms with van der Waals surface area (Å²) < 4.78 is 42.5. The molecule has 0 bridgehead atoms. The molecule has 4 rings (SSSR count). The summed E-state index contributed by atoms with van der Waals surface area (Å²) in [5.41, 5.74) is 2.40. The van der Waals surface area contributed by atoms with Crippen molar-refractivity contribution in [2.24, 2.45) is 18.9 Å². The number of carbonyl (C=O) groups excluding carboxylic acids is 1. The number of hydrogen-bond donors (Lipinski definition) is 0. The van der Waals surface area contributed by atoms with Crippen molar-refractivity contribution in [3.8, 4) is 0 Å². The number of fused-ring (bicyclic) bond motifs is 3. The molecule has 1 fully saturated rings. The summed E-state index contributed by atoms with van der Waals surface area (Å²) in [5, 5.41) is 6.46. The van der Waals surface area contributed by atoms with Crippen LogP contribution in [-0.4, -0.2) is 26.8 Å². The summed E-state index contributed by atoms with van der Waals surface area (Å²) in [5.74, 6) is -0.953. The zero-order chi connectivity index (χ0) is 18.5. The first-order valence-corrected chi connectivity index (χ1v) is 8.84. The Labute approximate surface area is 148 Å². The molecule has 7 heteroatoms. The molecule has 0 radical (unpaired) electrons. The number of alkyl halides is 3. The number of benzene rings is 1. The number of hydrogen-bond acceptors (Lipinski definition) is 2. The molecule has 0 spiro atoms. The molecular weight excluding hydrogens is 343 g/mol. The van der Waals surface area contributed by atoms with E-state index < -0.39 is 12.1 Å². The second-order valence-corrected chi connectivity index (χ2v) is 7.30. The number of halogens is 3. The quantitative estimate of drug-likeness (QED) is 0.632. The third kappa shape index (κ3) is 2.89. The van der Waals surface area contributed by atoms with Gasteiger partial charge >= 0.3 is 6.18 Å². The first kappa shape index (κ1) is 17.1. The van der Waals surface area contributed by atoms with Gasteiger partial charge in [0.15, 0.2) is 5.65 Å². The molecule has 0 atom stereocenters. The smallest absolute Gasteiger partial charge is 0.324 e. The Kier molecular flexibility index (Phi) is 4.04. The number of carbonyl (C=O) groups is 1. The average molecular weight is 363 g/mol. The van der Waals surface area contributed by atoms with Crippen molar-refractivity contribution in [1.82, 2.24) is 14.3 Å². The molecule has 4 nitrogen and oxygen atoms in total. The van der Waals surface area contributed by atoms with E-state index in [0.29, 0.717) is 24.9 Å². The minimum absolute atomic E-state index is 0.202. The van der Waals surface area contributed by atoms with Crippen molar-refractivity contribution in [3.63, 3.8) is 0 Å². The van der Waals surface area contributed by atoms with Crippen LogP contribution in [0.4, 0.5) is 13.2 Å². The van der Waals surface area contributed by atoms with E-state index in [1.165, 1.54) is 0 Å². The van der Waals surface area contributed by atoms with E-state index in [0.717, 1.165) is 28.2 Å². The maximum atomic E-state index is 12.9. The normalized spacial score (nSPS) is 21.5. The van der Waals surface area contributed by atoms with Gasteiger partial charge in [-0.15, -0.1) is 0 Å². The standard InChI is InChI=1S/C19H20F3N3O/c1-24-10-16-15-8-13(11-26)4-7-17(15)25(18(16)23-24)9-12-2-5-14(6-3-12)19(20,21)22/h4,7-8,10-12,14H,2-3,5-6,9H2,1H3. The van der Waals surface area contributed by atoms with Crippen LogP contribution >= 0.6 is 0 Å². The Morgan fingerprint density at radius 3 is 2.58 bits per heavy atom. The molecule has 0 amide bonds. The molecule has 138 valence electrons. The average Bonchev–Trinajstić information content (AvgIpc) is 3.11. The molecule has 0 N–H and O–H groups in total. The van der Waals surface area contributed by atoms with E-state index >= 15 is 0 Å². The molecule has 2 heterocycles. The summed E-state index contributed by atoms with van der Waals surface area (Å²) in [6.45, 7) is 0.655. The SMILES string of the molecule is Cn1cc2c3cc(C=O)ccc3n(CC3CCC(C(F)(F)F)CC3)c2n1. The van der Waals surface area contributed by atoms with Crippen molar-refractivity contribution >= 4 is 28.2 Å². The zero-order valence-corrected chi connectivity index (χ0v) is 14.5. The molecule has 0 unspecified atom stereocenters. The van der Waals surface area contributed by atoms with Gasteiger partial charge in [-0.05, 0) is 49.8 Å². The molecule has 1 saturated carbocycles. The fraction of sp³-hybridized carbons (Fsp3) is 0.474. The monoisotopic (exact) mass is 363 g/mol. The fourth-order valence-electron chi connectivity index (χ4n) is 4.17. The lowest BCUT2D eigenvalue weighted by Crippen LogP contribution is -2.29. The number of rotatable bonds is 3. The van der Waals surface area contributed by atoms with Crippen LogP contribution in [0.2, 0.25) is 0 Å². The van der Waals surface area contributed by atoms with Crippen LogP contribution in [0.5, 0.6) is 0 Å². The summed E-state index contributed by atoms with van der Waals surface area (Å²) in [6, 6.07) is 5.52. The van der Waals surface area contributed by atoms with Crippen molar-refractivity contribution in [2.45, 2.75) is 38.4 Å². The minimum Gasteiger partial charge on any atom is -0.324 e. The number of nitrogens with zero attached hydrogens (tertiary/aromatic N) is 3. The van der Waals surface area contributed by atoms with Crippen LogP contribution in [0.3, 0.4) is 0 Å². The third-order valence-electron chi connectivity index (χ3n) is 5.55. The Bertz CT molecular complexity index is 962.